The fraction of sp³-hybridized carbons (Fsp3) is 0.312. The quantitative estimate of drug-likeness (QED) is 0.928. The Hall–Kier alpha value is -2.23. The molecular weight excluding hydrogens is 252 g/mol. The van der Waals surface area contributed by atoms with Gasteiger partial charge in [0.1, 0.15) is 5.75 Å². The van der Waals surface area contributed by atoms with Crippen LogP contribution >= 0.6 is 0 Å². The Morgan fingerprint density at radius 1 is 1.30 bits per heavy atom. The summed E-state index contributed by atoms with van der Waals surface area (Å²) in [5.41, 5.74) is 3.50. The van der Waals surface area contributed by atoms with Gasteiger partial charge in [-0.05, 0) is 30.2 Å². The first-order valence-electron chi connectivity index (χ1n) is 6.95. The van der Waals surface area contributed by atoms with Crippen LogP contribution in [0.2, 0.25) is 0 Å². The van der Waals surface area contributed by atoms with E-state index in [2.05, 4.69) is 17.4 Å². The predicted octanol–water partition coefficient (Wildman–Crippen LogP) is 2.42. The number of hydrogen-bond donors (Lipinski definition) is 1. The second-order valence-corrected chi connectivity index (χ2v) is 4.94. The fourth-order valence-electron chi connectivity index (χ4n) is 2.44. The number of aryl methyl sites for hydroxylation is 1. The number of fused-ring (bicyclic) bond motifs is 1. The number of ether oxygens (including phenoxy) is 1. The van der Waals surface area contributed by atoms with E-state index in [9.17, 15) is 4.79 Å². The van der Waals surface area contributed by atoms with Crippen LogP contribution in [0.25, 0.3) is 0 Å². The largest absolute Gasteiger partial charge is 0.493 e. The summed E-state index contributed by atoms with van der Waals surface area (Å²) in [5, 5.41) is 3.35. The van der Waals surface area contributed by atoms with Crippen molar-refractivity contribution in [2.75, 3.05) is 11.9 Å². The summed E-state index contributed by atoms with van der Waals surface area (Å²) in [6, 6.07) is 9.72. The van der Waals surface area contributed by atoms with E-state index in [1.165, 1.54) is 11.1 Å². The van der Waals surface area contributed by atoms with Crippen LogP contribution in [0.5, 0.6) is 5.75 Å². The molecule has 0 bridgehead atoms. The average Bonchev–Trinajstić information content (AvgIpc) is 2.94. The highest BCUT2D eigenvalue weighted by Gasteiger charge is 2.11. The van der Waals surface area contributed by atoms with Gasteiger partial charge in [0.05, 0.1) is 12.3 Å². The zero-order chi connectivity index (χ0) is 13.9. The van der Waals surface area contributed by atoms with Crippen molar-refractivity contribution in [3.63, 3.8) is 0 Å². The molecule has 0 amide bonds. The highest BCUT2D eigenvalue weighted by atomic mass is 16.5. The van der Waals surface area contributed by atoms with E-state index < -0.39 is 0 Å². The molecule has 2 heterocycles. The lowest BCUT2D eigenvalue weighted by Crippen LogP contribution is -2.17. The molecule has 0 unspecified atom stereocenters. The van der Waals surface area contributed by atoms with Gasteiger partial charge in [0.15, 0.2) is 0 Å². The number of benzene rings is 1. The zero-order valence-electron chi connectivity index (χ0n) is 11.6. The van der Waals surface area contributed by atoms with Gasteiger partial charge in [-0.1, -0.05) is 12.1 Å². The minimum Gasteiger partial charge on any atom is -0.493 e. The third-order valence-electron chi connectivity index (χ3n) is 3.57. The van der Waals surface area contributed by atoms with Crippen LogP contribution in [-0.2, 0) is 19.5 Å². The van der Waals surface area contributed by atoms with Crippen LogP contribution < -0.4 is 15.6 Å². The number of nitrogens with zero attached hydrogens (tertiary/aromatic N) is 1. The van der Waals surface area contributed by atoms with Crippen molar-refractivity contribution in [2.45, 2.75) is 26.4 Å². The third kappa shape index (κ3) is 2.54. The molecule has 2 aromatic rings. The molecule has 4 heteroatoms. The van der Waals surface area contributed by atoms with Gasteiger partial charge in [-0.25, -0.2) is 0 Å². The van der Waals surface area contributed by atoms with Gasteiger partial charge in [-0.3, -0.25) is 4.79 Å². The summed E-state index contributed by atoms with van der Waals surface area (Å²) >= 11 is 0. The molecular formula is C16H18N2O2. The molecule has 4 nitrogen and oxygen atoms in total. The monoisotopic (exact) mass is 270 g/mol. The van der Waals surface area contributed by atoms with Gasteiger partial charge >= 0.3 is 0 Å². The van der Waals surface area contributed by atoms with Gasteiger partial charge in [-0.15, -0.1) is 0 Å². The maximum Gasteiger partial charge on any atom is 0.250 e. The van der Waals surface area contributed by atoms with Gasteiger partial charge in [0.2, 0.25) is 0 Å². The molecule has 1 N–H and O–H groups in total. The molecule has 1 aliphatic rings. The summed E-state index contributed by atoms with van der Waals surface area (Å²) in [4.78, 5) is 11.5. The van der Waals surface area contributed by atoms with Crippen molar-refractivity contribution < 1.29 is 4.74 Å². The average molecular weight is 270 g/mol. The number of pyridine rings is 1. The standard InChI is InChI=1S/C16H18N2O2/c1-2-18-11-14(4-6-16(18)19)17-10-12-3-5-15-13(9-12)7-8-20-15/h3-6,9,11,17H,2,7-8,10H2,1H3. The van der Waals surface area contributed by atoms with Gasteiger partial charge in [-0.2, -0.15) is 0 Å². The molecule has 0 radical (unpaired) electrons. The SMILES string of the molecule is CCn1cc(NCc2ccc3c(c2)CCO3)ccc1=O. The minimum atomic E-state index is 0.0349. The Labute approximate surface area is 118 Å². The molecule has 0 spiro atoms. The molecule has 3 rings (SSSR count). The second kappa shape index (κ2) is 5.41. The van der Waals surface area contributed by atoms with Crippen LogP contribution in [0.3, 0.4) is 0 Å². The molecule has 0 aliphatic carbocycles. The number of rotatable bonds is 4. The van der Waals surface area contributed by atoms with Crippen molar-refractivity contribution in [1.82, 2.24) is 4.57 Å². The van der Waals surface area contributed by atoms with Crippen molar-refractivity contribution in [3.05, 3.63) is 58.0 Å². The first-order chi connectivity index (χ1) is 9.76. The first kappa shape index (κ1) is 12.8. The van der Waals surface area contributed by atoms with Crippen LogP contribution in [-0.4, -0.2) is 11.2 Å². The fourth-order valence-corrected chi connectivity index (χ4v) is 2.44. The molecule has 0 atom stereocenters. The summed E-state index contributed by atoms with van der Waals surface area (Å²) in [6.07, 6.45) is 2.85. The Morgan fingerprint density at radius 3 is 3.05 bits per heavy atom. The number of hydrogen-bond acceptors (Lipinski definition) is 3. The lowest BCUT2D eigenvalue weighted by Gasteiger charge is -2.09. The van der Waals surface area contributed by atoms with Crippen LogP contribution in [0, 0.1) is 0 Å². The Balaban J connectivity index is 1.72. The van der Waals surface area contributed by atoms with E-state index in [1.807, 2.05) is 25.3 Å². The van der Waals surface area contributed by atoms with Crippen LogP contribution in [0.4, 0.5) is 5.69 Å². The predicted molar refractivity (Wildman–Crippen MR) is 79.3 cm³/mol. The van der Waals surface area contributed by atoms with Crippen molar-refractivity contribution in [1.29, 1.82) is 0 Å². The smallest absolute Gasteiger partial charge is 0.250 e. The molecule has 0 saturated heterocycles. The molecule has 0 saturated carbocycles. The van der Waals surface area contributed by atoms with Gasteiger partial charge in [0.25, 0.3) is 5.56 Å². The topological polar surface area (TPSA) is 43.3 Å². The summed E-state index contributed by atoms with van der Waals surface area (Å²) in [7, 11) is 0. The van der Waals surface area contributed by atoms with E-state index in [0.29, 0.717) is 6.54 Å². The Kier molecular flexibility index (Phi) is 3.46. The van der Waals surface area contributed by atoms with E-state index in [1.54, 1.807) is 10.6 Å². The zero-order valence-corrected chi connectivity index (χ0v) is 11.6. The molecule has 1 aromatic carbocycles. The summed E-state index contributed by atoms with van der Waals surface area (Å²) in [6.45, 7) is 4.18. The van der Waals surface area contributed by atoms with Crippen LogP contribution in [0.1, 0.15) is 18.1 Å². The second-order valence-electron chi connectivity index (χ2n) is 4.94. The van der Waals surface area contributed by atoms with Gasteiger partial charge < -0.3 is 14.6 Å². The van der Waals surface area contributed by atoms with Crippen LogP contribution in [0.15, 0.2) is 41.3 Å². The van der Waals surface area contributed by atoms with Crippen molar-refractivity contribution in [3.8, 4) is 5.75 Å². The molecule has 1 aromatic heterocycles. The van der Waals surface area contributed by atoms with Crippen molar-refractivity contribution in [2.24, 2.45) is 0 Å². The Morgan fingerprint density at radius 2 is 2.20 bits per heavy atom. The van der Waals surface area contributed by atoms with E-state index in [4.69, 9.17) is 4.74 Å². The number of nitrogens with one attached hydrogen (secondary N) is 1. The van der Waals surface area contributed by atoms with Gasteiger partial charge in [0, 0.05) is 31.8 Å². The number of aromatic nitrogens is 1. The summed E-state index contributed by atoms with van der Waals surface area (Å²) < 4.78 is 7.19. The van der Waals surface area contributed by atoms with Crippen molar-refractivity contribution >= 4 is 5.69 Å². The van der Waals surface area contributed by atoms with E-state index >= 15 is 0 Å². The highest BCUT2D eigenvalue weighted by molar-refractivity contribution is 5.44. The third-order valence-corrected chi connectivity index (χ3v) is 3.57. The number of anilines is 1. The maximum atomic E-state index is 11.5. The summed E-state index contributed by atoms with van der Waals surface area (Å²) in [5.74, 6) is 1.01. The van der Waals surface area contributed by atoms with E-state index in [-0.39, 0.29) is 5.56 Å². The lowest BCUT2D eigenvalue weighted by atomic mass is 10.1. The lowest BCUT2D eigenvalue weighted by molar-refractivity contribution is 0.357. The highest BCUT2D eigenvalue weighted by Crippen LogP contribution is 2.26. The molecule has 20 heavy (non-hydrogen) atoms. The normalized spacial score (nSPS) is 12.8. The minimum absolute atomic E-state index is 0.0349. The maximum absolute atomic E-state index is 11.5. The Bertz CT molecular complexity index is 676. The van der Waals surface area contributed by atoms with E-state index in [0.717, 1.165) is 31.0 Å². The molecule has 0 fully saturated rings. The molecule has 1 aliphatic heterocycles. The first-order valence-corrected chi connectivity index (χ1v) is 6.95. The molecule has 104 valence electrons.